The largest absolute Gasteiger partial charge is 0.493 e. The average Bonchev–Trinajstić information content (AvgIpc) is 3.24. The predicted molar refractivity (Wildman–Crippen MR) is 131 cm³/mol. The van der Waals surface area contributed by atoms with E-state index in [1.807, 2.05) is 25.1 Å². The first kappa shape index (κ1) is 23.4. The summed E-state index contributed by atoms with van der Waals surface area (Å²) in [7, 11) is 1.53. The minimum absolute atomic E-state index is 0.261. The number of benzene rings is 2. The number of fused-ring (bicyclic) bond motifs is 1. The number of aromatic nitrogens is 1. The molecule has 1 fully saturated rings. The van der Waals surface area contributed by atoms with Gasteiger partial charge >= 0.3 is 0 Å². The van der Waals surface area contributed by atoms with Crippen molar-refractivity contribution in [3.63, 3.8) is 0 Å². The van der Waals surface area contributed by atoms with Gasteiger partial charge in [0.05, 0.1) is 32.0 Å². The third-order valence-corrected chi connectivity index (χ3v) is 6.01. The second-order valence-electron chi connectivity index (χ2n) is 8.03. The van der Waals surface area contributed by atoms with Gasteiger partial charge in [-0.15, -0.1) is 0 Å². The van der Waals surface area contributed by atoms with E-state index in [2.05, 4.69) is 27.0 Å². The number of carbonyl (C=O) groups excluding carboxylic acids is 1. The summed E-state index contributed by atoms with van der Waals surface area (Å²) in [5, 5.41) is 4.38. The van der Waals surface area contributed by atoms with Gasteiger partial charge in [0.1, 0.15) is 0 Å². The van der Waals surface area contributed by atoms with Gasteiger partial charge in [-0.1, -0.05) is 18.5 Å². The molecule has 1 saturated heterocycles. The molecule has 2 heterocycles. The van der Waals surface area contributed by atoms with Crippen LogP contribution in [0.2, 0.25) is 5.02 Å². The number of rotatable bonds is 9. The Morgan fingerprint density at radius 2 is 1.97 bits per heavy atom. The van der Waals surface area contributed by atoms with Gasteiger partial charge in [0.15, 0.2) is 11.5 Å². The Morgan fingerprint density at radius 3 is 2.73 bits per heavy atom. The van der Waals surface area contributed by atoms with E-state index in [9.17, 15) is 4.79 Å². The average molecular weight is 472 g/mol. The monoisotopic (exact) mass is 471 g/mol. The van der Waals surface area contributed by atoms with Crippen molar-refractivity contribution < 1.29 is 19.0 Å². The van der Waals surface area contributed by atoms with Crippen LogP contribution in [0.4, 0.5) is 5.69 Å². The molecule has 1 aromatic heterocycles. The topological polar surface area (TPSA) is 65.0 Å². The summed E-state index contributed by atoms with van der Waals surface area (Å²) in [5.74, 6) is 0.634. The maximum absolute atomic E-state index is 12.9. The first-order valence-electron chi connectivity index (χ1n) is 11.3. The third kappa shape index (κ3) is 5.61. The molecule has 2 aromatic carbocycles. The highest BCUT2D eigenvalue weighted by Gasteiger charge is 2.17. The van der Waals surface area contributed by atoms with Crippen molar-refractivity contribution in [2.75, 3.05) is 51.9 Å². The summed E-state index contributed by atoms with van der Waals surface area (Å²) < 4.78 is 18.7. The van der Waals surface area contributed by atoms with Crippen LogP contribution in [0.25, 0.3) is 10.9 Å². The van der Waals surface area contributed by atoms with Crippen LogP contribution in [-0.2, 0) is 11.3 Å². The molecule has 0 atom stereocenters. The van der Waals surface area contributed by atoms with E-state index in [1.165, 1.54) is 7.11 Å². The van der Waals surface area contributed by atoms with E-state index in [0.717, 1.165) is 62.4 Å². The second kappa shape index (κ2) is 10.9. The van der Waals surface area contributed by atoms with Crippen LogP contribution in [0, 0.1) is 0 Å². The van der Waals surface area contributed by atoms with E-state index < -0.39 is 0 Å². The van der Waals surface area contributed by atoms with E-state index in [-0.39, 0.29) is 5.91 Å². The molecule has 0 spiro atoms. The maximum atomic E-state index is 12.9. The maximum Gasteiger partial charge on any atom is 0.255 e. The normalized spacial score (nSPS) is 14.4. The van der Waals surface area contributed by atoms with Crippen LogP contribution in [0.3, 0.4) is 0 Å². The number of nitrogens with zero attached hydrogens (tertiary/aromatic N) is 2. The molecule has 7 nitrogen and oxygen atoms in total. The van der Waals surface area contributed by atoms with Crippen molar-refractivity contribution in [2.24, 2.45) is 0 Å². The first-order chi connectivity index (χ1) is 16.1. The summed E-state index contributed by atoms with van der Waals surface area (Å²) in [5.41, 5.74) is 2.27. The minimum atomic E-state index is -0.261. The molecule has 1 aliphatic rings. The quantitative estimate of drug-likeness (QED) is 0.491. The summed E-state index contributed by atoms with van der Waals surface area (Å²) in [6.45, 7) is 8.02. The number of ether oxygens (including phenoxy) is 3. The fraction of sp³-hybridized carbons (Fsp3) is 0.400. The van der Waals surface area contributed by atoms with Crippen molar-refractivity contribution in [2.45, 2.75) is 19.9 Å². The molecule has 0 aliphatic carbocycles. The van der Waals surface area contributed by atoms with Gasteiger partial charge in [0, 0.05) is 54.5 Å². The van der Waals surface area contributed by atoms with E-state index in [4.69, 9.17) is 25.8 Å². The fourth-order valence-corrected chi connectivity index (χ4v) is 4.21. The van der Waals surface area contributed by atoms with Gasteiger partial charge in [0.25, 0.3) is 5.91 Å². The molecule has 1 N–H and O–H groups in total. The van der Waals surface area contributed by atoms with Crippen LogP contribution >= 0.6 is 11.6 Å². The molecule has 1 amide bonds. The van der Waals surface area contributed by atoms with Gasteiger partial charge < -0.3 is 24.1 Å². The van der Waals surface area contributed by atoms with Crippen LogP contribution in [0.5, 0.6) is 11.5 Å². The van der Waals surface area contributed by atoms with Crippen molar-refractivity contribution in [1.29, 1.82) is 0 Å². The van der Waals surface area contributed by atoms with Crippen LogP contribution in [-0.4, -0.2) is 61.9 Å². The van der Waals surface area contributed by atoms with Crippen molar-refractivity contribution in [1.82, 2.24) is 9.47 Å². The van der Waals surface area contributed by atoms with Crippen molar-refractivity contribution >= 4 is 34.1 Å². The van der Waals surface area contributed by atoms with Gasteiger partial charge in [-0.3, -0.25) is 9.69 Å². The highest BCUT2D eigenvalue weighted by molar-refractivity contribution is 6.32. The molecule has 33 heavy (non-hydrogen) atoms. The third-order valence-electron chi connectivity index (χ3n) is 5.73. The zero-order valence-electron chi connectivity index (χ0n) is 19.1. The number of amides is 1. The standard InChI is InChI=1S/C25H30ClN3O4/c1-3-12-33-24-21(26)16-19(17-23(24)31-2)25(30)27-20-4-5-22-18(15-20)6-7-29(22)9-8-28-10-13-32-14-11-28/h4-7,15-17H,3,8-14H2,1-2H3,(H,27,30). The molecule has 0 bridgehead atoms. The van der Waals surface area contributed by atoms with E-state index in [0.29, 0.717) is 28.7 Å². The number of nitrogens with one attached hydrogen (secondary N) is 1. The predicted octanol–water partition coefficient (Wildman–Crippen LogP) is 4.68. The molecular formula is C25H30ClN3O4. The lowest BCUT2D eigenvalue weighted by Gasteiger charge is -2.26. The molecule has 1 aliphatic heterocycles. The smallest absolute Gasteiger partial charge is 0.255 e. The Hall–Kier alpha value is -2.74. The molecule has 0 saturated carbocycles. The van der Waals surface area contributed by atoms with Crippen LogP contribution < -0.4 is 14.8 Å². The number of methoxy groups -OCH3 is 1. The lowest BCUT2D eigenvalue weighted by molar-refractivity contribution is 0.0365. The number of halogens is 1. The Balaban J connectivity index is 1.45. The Labute approximate surface area is 199 Å². The zero-order valence-corrected chi connectivity index (χ0v) is 19.9. The Morgan fingerprint density at radius 1 is 1.15 bits per heavy atom. The SMILES string of the molecule is CCCOc1c(Cl)cc(C(=O)Nc2ccc3c(ccn3CCN3CCOCC3)c2)cc1OC. The number of morpholine rings is 1. The number of hydrogen-bond donors (Lipinski definition) is 1. The molecule has 0 unspecified atom stereocenters. The summed E-state index contributed by atoms with van der Waals surface area (Å²) in [6.07, 6.45) is 2.94. The van der Waals surface area contributed by atoms with Crippen LogP contribution in [0.1, 0.15) is 23.7 Å². The number of carbonyl (C=O) groups is 1. The Bertz CT molecular complexity index is 1110. The van der Waals surface area contributed by atoms with Crippen molar-refractivity contribution in [3.05, 3.63) is 53.2 Å². The lowest BCUT2D eigenvalue weighted by atomic mass is 10.1. The van der Waals surface area contributed by atoms with E-state index in [1.54, 1.807) is 12.1 Å². The highest BCUT2D eigenvalue weighted by atomic mass is 35.5. The molecular weight excluding hydrogens is 442 g/mol. The molecule has 3 aromatic rings. The number of hydrogen-bond acceptors (Lipinski definition) is 5. The van der Waals surface area contributed by atoms with Gasteiger partial charge in [-0.2, -0.15) is 0 Å². The van der Waals surface area contributed by atoms with Gasteiger partial charge in [-0.25, -0.2) is 0 Å². The number of anilines is 1. The lowest BCUT2D eigenvalue weighted by Crippen LogP contribution is -2.38. The highest BCUT2D eigenvalue weighted by Crippen LogP contribution is 2.36. The molecule has 8 heteroatoms. The summed E-state index contributed by atoms with van der Waals surface area (Å²) in [4.78, 5) is 15.3. The van der Waals surface area contributed by atoms with Gasteiger partial charge in [-0.05, 0) is 42.8 Å². The van der Waals surface area contributed by atoms with Crippen molar-refractivity contribution in [3.8, 4) is 11.5 Å². The molecule has 0 radical (unpaired) electrons. The minimum Gasteiger partial charge on any atom is -0.493 e. The van der Waals surface area contributed by atoms with E-state index >= 15 is 0 Å². The zero-order chi connectivity index (χ0) is 23.2. The van der Waals surface area contributed by atoms with Gasteiger partial charge in [0.2, 0.25) is 0 Å². The van der Waals surface area contributed by atoms with Crippen LogP contribution in [0.15, 0.2) is 42.6 Å². The Kier molecular flexibility index (Phi) is 7.75. The first-order valence-corrected chi connectivity index (χ1v) is 11.7. The second-order valence-corrected chi connectivity index (χ2v) is 8.44. The summed E-state index contributed by atoms with van der Waals surface area (Å²) >= 11 is 6.36. The fourth-order valence-electron chi connectivity index (χ4n) is 3.95. The molecule has 4 rings (SSSR count). The summed E-state index contributed by atoms with van der Waals surface area (Å²) in [6, 6.07) is 11.3. The molecule has 176 valence electrons.